The topological polar surface area (TPSA) is 92.5 Å². The Balaban J connectivity index is 0.00000242. The molecule has 1 fully saturated rings. The molecule has 1 heterocycles. The van der Waals surface area contributed by atoms with Gasteiger partial charge >= 0.3 is 0 Å². The number of nitrogens with two attached hydrogens (primary N) is 1. The fraction of sp³-hybridized carbons (Fsp3) is 0.400. The van der Waals surface area contributed by atoms with Crippen molar-refractivity contribution >= 4 is 35.8 Å². The Morgan fingerprint density at radius 3 is 2.45 bits per heavy atom. The van der Waals surface area contributed by atoms with E-state index in [0.717, 1.165) is 5.56 Å². The van der Waals surface area contributed by atoms with Gasteiger partial charge in [0.15, 0.2) is 0 Å². The first kappa shape index (κ1) is 18.1. The molecule has 1 aliphatic heterocycles. The highest BCUT2D eigenvalue weighted by atomic mass is 35.5. The fourth-order valence-corrected chi connectivity index (χ4v) is 2.24. The lowest BCUT2D eigenvalue weighted by molar-refractivity contribution is -0.139. The lowest BCUT2D eigenvalue weighted by Crippen LogP contribution is -2.29. The van der Waals surface area contributed by atoms with Crippen LogP contribution in [0.3, 0.4) is 0 Å². The average molecular weight is 326 g/mol. The molecule has 1 aromatic carbocycles. The zero-order valence-electron chi connectivity index (χ0n) is 12.4. The average Bonchev–Trinajstić information content (AvgIpc) is 2.71. The number of imide groups is 1. The second-order valence-electron chi connectivity index (χ2n) is 5.26. The Kier molecular flexibility index (Phi) is 6.52. The highest BCUT2D eigenvalue weighted by molar-refractivity contribution is 6.02. The van der Waals surface area contributed by atoms with Crippen molar-refractivity contribution in [2.75, 3.05) is 5.32 Å². The van der Waals surface area contributed by atoms with Gasteiger partial charge in [0.1, 0.15) is 0 Å². The van der Waals surface area contributed by atoms with E-state index in [-0.39, 0.29) is 62.0 Å². The van der Waals surface area contributed by atoms with Gasteiger partial charge in [-0.2, -0.15) is 0 Å². The largest absolute Gasteiger partial charge is 0.327 e. The summed E-state index contributed by atoms with van der Waals surface area (Å²) in [5.41, 5.74) is 6.94. The van der Waals surface area contributed by atoms with Gasteiger partial charge in [0, 0.05) is 31.0 Å². The minimum absolute atomic E-state index is 0. The molecule has 0 unspecified atom stereocenters. The zero-order valence-corrected chi connectivity index (χ0v) is 13.2. The quantitative estimate of drug-likeness (QED) is 0.801. The van der Waals surface area contributed by atoms with Gasteiger partial charge in [-0.15, -0.1) is 12.4 Å². The van der Waals surface area contributed by atoms with Crippen LogP contribution in [-0.4, -0.2) is 28.7 Å². The first-order valence-corrected chi connectivity index (χ1v) is 6.94. The number of nitrogens with zero attached hydrogens (tertiary/aromatic N) is 1. The number of anilines is 1. The number of likely N-dealkylation sites (tertiary alicyclic amines) is 1. The van der Waals surface area contributed by atoms with Gasteiger partial charge in [-0.25, -0.2) is 0 Å². The van der Waals surface area contributed by atoms with Gasteiger partial charge in [-0.1, -0.05) is 18.2 Å². The molecule has 0 aliphatic carbocycles. The van der Waals surface area contributed by atoms with E-state index in [1.165, 1.54) is 4.90 Å². The third kappa shape index (κ3) is 4.54. The van der Waals surface area contributed by atoms with Crippen molar-refractivity contribution in [1.29, 1.82) is 0 Å². The molecule has 3 N–H and O–H groups in total. The van der Waals surface area contributed by atoms with Gasteiger partial charge in [0.05, 0.1) is 6.54 Å². The predicted molar refractivity (Wildman–Crippen MR) is 85.4 cm³/mol. The highest BCUT2D eigenvalue weighted by Gasteiger charge is 2.29. The van der Waals surface area contributed by atoms with Crippen LogP contribution in [0.5, 0.6) is 0 Å². The number of hydrogen-bond donors (Lipinski definition) is 2. The second-order valence-corrected chi connectivity index (χ2v) is 5.26. The summed E-state index contributed by atoms with van der Waals surface area (Å²) in [6.07, 6.45) is 0.742. The van der Waals surface area contributed by atoms with Crippen LogP contribution in [0.1, 0.15) is 31.7 Å². The standard InChI is InChI=1S/C15H19N3O3.ClH/c1-10(16)8-13(19)17-12-5-3-2-4-11(12)9-18-14(20)6-7-15(18)21;/h2-5,10H,6-9,16H2,1H3,(H,17,19);1H/t10-;/m1./s1. The smallest absolute Gasteiger partial charge is 0.229 e. The van der Waals surface area contributed by atoms with Crippen LogP contribution in [0.15, 0.2) is 24.3 Å². The number of benzene rings is 1. The van der Waals surface area contributed by atoms with E-state index in [1.807, 2.05) is 6.07 Å². The SMILES string of the molecule is C[C@@H](N)CC(=O)Nc1ccccc1CN1C(=O)CCC1=O.Cl. The van der Waals surface area contributed by atoms with Crippen LogP contribution in [0.25, 0.3) is 0 Å². The Morgan fingerprint density at radius 2 is 1.86 bits per heavy atom. The maximum absolute atomic E-state index is 11.8. The van der Waals surface area contributed by atoms with E-state index >= 15 is 0 Å². The predicted octanol–water partition coefficient (Wildman–Crippen LogP) is 1.43. The van der Waals surface area contributed by atoms with E-state index in [0.29, 0.717) is 5.69 Å². The van der Waals surface area contributed by atoms with Crippen LogP contribution in [0, 0.1) is 0 Å². The number of rotatable bonds is 5. The maximum atomic E-state index is 11.8. The molecular weight excluding hydrogens is 306 g/mol. The molecule has 7 heteroatoms. The molecule has 0 radical (unpaired) electrons. The first-order chi connectivity index (χ1) is 9.97. The highest BCUT2D eigenvalue weighted by Crippen LogP contribution is 2.21. The Hall–Kier alpha value is -1.92. The minimum atomic E-state index is -0.223. The summed E-state index contributed by atoms with van der Waals surface area (Å²) in [4.78, 5) is 36.4. The van der Waals surface area contributed by atoms with Crippen molar-refractivity contribution in [3.05, 3.63) is 29.8 Å². The fourth-order valence-electron chi connectivity index (χ4n) is 2.24. The Bertz CT molecular complexity index is 559. The molecule has 1 saturated heterocycles. The molecule has 1 aromatic rings. The maximum Gasteiger partial charge on any atom is 0.229 e. The van der Waals surface area contributed by atoms with Crippen LogP contribution in [0.2, 0.25) is 0 Å². The number of para-hydroxylation sites is 1. The monoisotopic (exact) mass is 325 g/mol. The summed E-state index contributed by atoms with van der Waals surface area (Å²) in [6, 6.07) is 6.92. The van der Waals surface area contributed by atoms with Gasteiger partial charge in [-0.05, 0) is 18.6 Å². The van der Waals surface area contributed by atoms with Gasteiger partial charge in [-0.3, -0.25) is 19.3 Å². The normalized spacial score (nSPS) is 15.5. The summed E-state index contributed by atoms with van der Waals surface area (Å²) in [5.74, 6) is -0.523. The van der Waals surface area contributed by atoms with Crippen LogP contribution in [0.4, 0.5) is 5.69 Å². The molecule has 0 bridgehead atoms. The Labute approximate surface area is 135 Å². The van der Waals surface area contributed by atoms with Crippen molar-refractivity contribution < 1.29 is 14.4 Å². The van der Waals surface area contributed by atoms with E-state index in [9.17, 15) is 14.4 Å². The number of amides is 3. The van der Waals surface area contributed by atoms with Crippen molar-refractivity contribution in [3.8, 4) is 0 Å². The van der Waals surface area contributed by atoms with Crippen LogP contribution >= 0.6 is 12.4 Å². The lowest BCUT2D eigenvalue weighted by Gasteiger charge is -2.17. The number of carbonyl (C=O) groups is 3. The molecular formula is C15H20ClN3O3. The number of halogens is 1. The summed E-state index contributed by atoms with van der Waals surface area (Å²) in [7, 11) is 0. The van der Waals surface area contributed by atoms with Crippen molar-refractivity contribution in [3.63, 3.8) is 0 Å². The second kappa shape index (κ2) is 7.91. The molecule has 6 nitrogen and oxygen atoms in total. The van der Waals surface area contributed by atoms with Crippen molar-refractivity contribution in [1.82, 2.24) is 4.90 Å². The molecule has 3 amide bonds. The van der Waals surface area contributed by atoms with Gasteiger partial charge < -0.3 is 11.1 Å². The molecule has 2 rings (SSSR count). The van der Waals surface area contributed by atoms with Crippen molar-refractivity contribution in [2.45, 2.75) is 38.8 Å². The van der Waals surface area contributed by atoms with E-state index in [2.05, 4.69) is 5.32 Å². The molecule has 120 valence electrons. The van der Waals surface area contributed by atoms with Crippen molar-refractivity contribution in [2.24, 2.45) is 5.73 Å². The summed E-state index contributed by atoms with van der Waals surface area (Å²) in [6.45, 7) is 1.94. The molecule has 22 heavy (non-hydrogen) atoms. The zero-order chi connectivity index (χ0) is 15.4. The minimum Gasteiger partial charge on any atom is -0.327 e. The molecule has 0 aromatic heterocycles. The molecule has 1 aliphatic rings. The summed E-state index contributed by atoms with van der Waals surface area (Å²) in [5, 5.41) is 2.78. The molecule has 1 atom stereocenters. The van der Waals surface area contributed by atoms with E-state index in [4.69, 9.17) is 5.73 Å². The van der Waals surface area contributed by atoms with Gasteiger partial charge in [0.2, 0.25) is 17.7 Å². The van der Waals surface area contributed by atoms with Crippen LogP contribution < -0.4 is 11.1 Å². The summed E-state index contributed by atoms with van der Waals surface area (Å²) >= 11 is 0. The number of hydrogen-bond acceptors (Lipinski definition) is 4. The van der Waals surface area contributed by atoms with E-state index in [1.54, 1.807) is 25.1 Å². The first-order valence-electron chi connectivity index (χ1n) is 6.94. The third-order valence-corrected chi connectivity index (χ3v) is 3.28. The van der Waals surface area contributed by atoms with Gasteiger partial charge in [0.25, 0.3) is 0 Å². The lowest BCUT2D eigenvalue weighted by atomic mass is 10.1. The van der Waals surface area contributed by atoms with E-state index < -0.39 is 0 Å². The summed E-state index contributed by atoms with van der Waals surface area (Å²) < 4.78 is 0. The number of carbonyl (C=O) groups excluding carboxylic acids is 3. The molecule has 0 saturated carbocycles. The Morgan fingerprint density at radius 1 is 1.27 bits per heavy atom. The van der Waals surface area contributed by atoms with Crippen LogP contribution in [-0.2, 0) is 20.9 Å². The molecule has 0 spiro atoms. The third-order valence-electron chi connectivity index (χ3n) is 3.28. The number of nitrogens with one attached hydrogen (secondary N) is 1.